The second-order valence-electron chi connectivity index (χ2n) is 6.07. The Hall–Kier alpha value is -3.47. The average Bonchev–Trinajstić information content (AvgIpc) is 2.74. The highest BCUT2D eigenvalue weighted by Gasteiger charge is 2.21. The van der Waals surface area contributed by atoms with E-state index in [-0.39, 0.29) is 5.91 Å². The molecule has 0 aliphatic carbocycles. The van der Waals surface area contributed by atoms with E-state index in [1.165, 1.54) is 0 Å². The van der Waals surface area contributed by atoms with Gasteiger partial charge in [-0.15, -0.1) is 0 Å². The highest BCUT2D eigenvalue weighted by Crippen LogP contribution is 2.30. The third kappa shape index (κ3) is 4.82. The summed E-state index contributed by atoms with van der Waals surface area (Å²) >= 11 is 0. The Kier molecular flexibility index (Phi) is 6.52. The van der Waals surface area contributed by atoms with Crippen molar-refractivity contribution in [1.82, 2.24) is 0 Å². The van der Waals surface area contributed by atoms with Crippen molar-refractivity contribution in [2.75, 3.05) is 12.4 Å². The number of carbonyl (C=O) groups excluding carboxylic acids is 1. The van der Waals surface area contributed by atoms with Gasteiger partial charge in [0.15, 0.2) is 23.4 Å². The predicted molar refractivity (Wildman–Crippen MR) is 109 cm³/mol. The molecule has 0 heterocycles. The molecule has 0 saturated heterocycles. The van der Waals surface area contributed by atoms with Gasteiger partial charge in [0.05, 0.1) is 12.8 Å². The molecule has 0 saturated carbocycles. The lowest BCUT2D eigenvalue weighted by Crippen LogP contribution is -2.32. The van der Waals surface area contributed by atoms with Crippen molar-refractivity contribution in [3.05, 3.63) is 78.9 Å². The molecule has 1 atom stereocenters. The van der Waals surface area contributed by atoms with Gasteiger partial charge in [-0.1, -0.05) is 49.4 Å². The van der Waals surface area contributed by atoms with E-state index in [0.717, 1.165) is 0 Å². The summed E-state index contributed by atoms with van der Waals surface area (Å²) in [6, 6.07) is 24.0. The highest BCUT2D eigenvalue weighted by atomic mass is 16.5. The standard InChI is InChI=1S/C23H23NO4/c1-3-19(28-22-16-10-9-15-21(22)26-2)23(25)24-18-13-7-8-14-20(18)27-17-11-5-4-6-12-17/h4-16,19H,3H2,1-2H3,(H,24,25). The minimum Gasteiger partial charge on any atom is -0.493 e. The van der Waals surface area contributed by atoms with Gasteiger partial charge in [-0.3, -0.25) is 4.79 Å². The van der Waals surface area contributed by atoms with E-state index in [1.807, 2.05) is 67.6 Å². The quantitative estimate of drug-likeness (QED) is 0.580. The van der Waals surface area contributed by atoms with Gasteiger partial charge in [0.25, 0.3) is 5.91 Å². The molecule has 3 rings (SSSR count). The number of para-hydroxylation sites is 5. The summed E-state index contributed by atoms with van der Waals surface area (Å²) in [6.45, 7) is 1.89. The van der Waals surface area contributed by atoms with Crippen LogP contribution < -0.4 is 19.5 Å². The van der Waals surface area contributed by atoms with Crippen molar-refractivity contribution in [3.63, 3.8) is 0 Å². The van der Waals surface area contributed by atoms with Gasteiger partial charge in [0.2, 0.25) is 0 Å². The fraction of sp³-hybridized carbons (Fsp3) is 0.174. The minimum absolute atomic E-state index is 0.252. The van der Waals surface area contributed by atoms with Gasteiger partial charge in [-0.25, -0.2) is 0 Å². The van der Waals surface area contributed by atoms with Gasteiger partial charge in [0.1, 0.15) is 5.75 Å². The first-order chi connectivity index (χ1) is 13.7. The Labute approximate surface area is 164 Å². The molecule has 3 aromatic rings. The van der Waals surface area contributed by atoms with E-state index in [9.17, 15) is 4.79 Å². The van der Waals surface area contributed by atoms with Gasteiger partial charge in [-0.2, -0.15) is 0 Å². The molecular weight excluding hydrogens is 354 g/mol. The second kappa shape index (κ2) is 9.46. The molecule has 1 unspecified atom stereocenters. The van der Waals surface area contributed by atoms with Crippen LogP contribution in [0.4, 0.5) is 5.69 Å². The first-order valence-electron chi connectivity index (χ1n) is 9.13. The number of hydrogen-bond donors (Lipinski definition) is 1. The van der Waals surface area contributed by atoms with Crippen LogP contribution in [0, 0.1) is 0 Å². The zero-order chi connectivity index (χ0) is 19.8. The maximum absolute atomic E-state index is 12.8. The van der Waals surface area contributed by atoms with Crippen molar-refractivity contribution in [2.24, 2.45) is 0 Å². The Morgan fingerprint density at radius 1 is 0.857 bits per heavy atom. The summed E-state index contributed by atoms with van der Waals surface area (Å²) in [5.41, 5.74) is 0.582. The summed E-state index contributed by atoms with van der Waals surface area (Å²) in [7, 11) is 1.57. The molecule has 5 heteroatoms. The maximum Gasteiger partial charge on any atom is 0.265 e. The molecule has 0 aliphatic rings. The van der Waals surface area contributed by atoms with Crippen LogP contribution in [0.1, 0.15) is 13.3 Å². The van der Waals surface area contributed by atoms with E-state index >= 15 is 0 Å². The SMILES string of the molecule is CCC(Oc1ccccc1OC)C(=O)Nc1ccccc1Oc1ccccc1. The summed E-state index contributed by atoms with van der Waals surface area (Å²) in [6.07, 6.45) is -0.160. The molecule has 0 aliphatic heterocycles. The van der Waals surface area contributed by atoms with Crippen molar-refractivity contribution in [2.45, 2.75) is 19.4 Å². The molecule has 144 valence electrons. The third-order valence-electron chi connectivity index (χ3n) is 4.12. The van der Waals surface area contributed by atoms with Crippen molar-refractivity contribution >= 4 is 11.6 Å². The molecule has 0 spiro atoms. The number of carbonyl (C=O) groups is 1. The molecule has 28 heavy (non-hydrogen) atoms. The van der Waals surface area contributed by atoms with Crippen LogP contribution in [0.15, 0.2) is 78.9 Å². The largest absolute Gasteiger partial charge is 0.493 e. The number of benzene rings is 3. The van der Waals surface area contributed by atoms with Crippen LogP contribution in [0.25, 0.3) is 0 Å². The zero-order valence-electron chi connectivity index (χ0n) is 15.9. The molecule has 1 amide bonds. The highest BCUT2D eigenvalue weighted by molar-refractivity contribution is 5.95. The van der Waals surface area contributed by atoms with Gasteiger partial charge < -0.3 is 19.5 Å². The van der Waals surface area contributed by atoms with E-state index in [0.29, 0.717) is 35.1 Å². The first-order valence-corrected chi connectivity index (χ1v) is 9.13. The Balaban J connectivity index is 1.74. The van der Waals surface area contributed by atoms with Gasteiger partial charge >= 0.3 is 0 Å². The van der Waals surface area contributed by atoms with Crippen LogP contribution in [0.3, 0.4) is 0 Å². The summed E-state index contributed by atoms with van der Waals surface area (Å²) in [4.78, 5) is 12.8. The number of hydrogen-bond acceptors (Lipinski definition) is 4. The number of nitrogens with one attached hydrogen (secondary N) is 1. The normalized spacial score (nSPS) is 11.4. The molecule has 1 N–H and O–H groups in total. The average molecular weight is 377 g/mol. The van der Waals surface area contributed by atoms with Crippen LogP contribution in [-0.2, 0) is 4.79 Å². The molecule has 3 aromatic carbocycles. The fourth-order valence-electron chi connectivity index (χ4n) is 2.68. The lowest BCUT2D eigenvalue weighted by Gasteiger charge is -2.19. The number of methoxy groups -OCH3 is 1. The molecule has 0 fully saturated rings. The van der Waals surface area contributed by atoms with E-state index in [4.69, 9.17) is 14.2 Å². The molecule has 0 radical (unpaired) electrons. The number of ether oxygens (including phenoxy) is 3. The van der Waals surface area contributed by atoms with Crippen LogP contribution >= 0.6 is 0 Å². The lowest BCUT2D eigenvalue weighted by molar-refractivity contribution is -0.122. The van der Waals surface area contributed by atoms with E-state index in [2.05, 4.69) is 5.32 Å². The number of rotatable bonds is 8. The topological polar surface area (TPSA) is 56.8 Å². The van der Waals surface area contributed by atoms with Gasteiger partial charge in [0, 0.05) is 0 Å². The number of amides is 1. The molecule has 0 aromatic heterocycles. The van der Waals surface area contributed by atoms with Crippen molar-refractivity contribution < 1.29 is 19.0 Å². The monoisotopic (exact) mass is 377 g/mol. The van der Waals surface area contributed by atoms with Gasteiger partial charge in [-0.05, 0) is 42.8 Å². The van der Waals surface area contributed by atoms with E-state index in [1.54, 1.807) is 25.3 Å². The zero-order valence-corrected chi connectivity index (χ0v) is 15.9. The smallest absolute Gasteiger partial charge is 0.265 e. The Morgan fingerprint density at radius 3 is 2.14 bits per heavy atom. The van der Waals surface area contributed by atoms with Crippen molar-refractivity contribution in [1.29, 1.82) is 0 Å². The second-order valence-corrected chi connectivity index (χ2v) is 6.07. The summed E-state index contributed by atoms with van der Waals surface area (Å²) in [5.74, 6) is 2.12. The third-order valence-corrected chi connectivity index (χ3v) is 4.12. The van der Waals surface area contributed by atoms with Crippen LogP contribution in [0.2, 0.25) is 0 Å². The minimum atomic E-state index is -0.666. The summed E-state index contributed by atoms with van der Waals surface area (Å²) in [5, 5.41) is 2.91. The fourth-order valence-corrected chi connectivity index (χ4v) is 2.68. The van der Waals surface area contributed by atoms with Crippen molar-refractivity contribution in [3.8, 4) is 23.0 Å². The lowest BCUT2D eigenvalue weighted by atomic mass is 10.2. The van der Waals surface area contributed by atoms with Crippen LogP contribution in [-0.4, -0.2) is 19.1 Å². The first kappa shape index (κ1) is 19.3. The molecule has 5 nitrogen and oxygen atoms in total. The predicted octanol–water partition coefficient (Wildman–Crippen LogP) is 5.28. The van der Waals surface area contributed by atoms with E-state index < -0.39 is 6.10 Å². The molecule has 0 bridgehead atoms. The number of anilines is 1. The Bertz CT molecular complexity index is 911. The summed E-state index contributed by atoms with van der Waals surface area (Å²) < 4.78 is 17.1. The Morgan fingerprint density at radius 2 is 1.46 bits per heavy atom. The van der Waals surface area contributed by atoms with Crippen LogP contribution in [0.5, 0.6) is 23.0 Å². The molecular formula is C23H23NO4. The maximum atomic E-state index is 12.8.